The summed E-state index contributed by atoms with van der Waals surface area (Å²) in [7, 11) is 3.52. The summed E-state index contributed by atoms with van der Waals surface area (Å²) in [5.74, 6) is -0.00689. The van der Waals surface area contributed by atoms with Crippen LogP contribution in [0.3, 0.4) is 0 Å². The van der Waals surface area contributed by atoms with Gasteiger partial charge in [-0.05, 0) is 31.7 Å². The molecule has 0 radical (unpaired) electrons. The molecule has 0 saturated carbocycles. The van der Waals surface area contributed by atoms with E-state index in [9.17, 15) is 4.79 Å². The van der Waals surface area contributed by atoms with Crippen LogP contribution in [0, 0.1) is 0 Å². The number of rotatable bonds is 4. The van der Waals surface area contributed by atoms with Crippen LogP contribution in [-0.2, 0) is 11.3 Å². The van der Waals surface area contributed by atoms with Crippen LogP contribution in [0.1, 0.15) is 12.5 Å². The van der Waals surface area contributed by atoms with Crippen molar-refractivity contribution < 1.29 is 4.79 Å². The normalized spacial score (nSPS) is 12.6. The SMILES string of the molecule is CNC(=O)[C@@H](C)N(C)Cc1ccc(Cl)c(Cl)c1. The largest absolute Gasteiger partial charge is 0.358 e. The van der Waals surface area contributed by atoms with Crippen molar-refractivity contribution in [3.8, 4) is 0 Å². The first kappa shape index (κ1) is 14.3. The van der Waals surface area contributed by atoms with Crippen LogP contribution in [0.4, 0.5) is 0 Å². The summed E-state index contributed by atoms with van der Waals surface area (Å²) in [6.45, 7) is 2.50. The van der Waals surface area contributed by atoms with E-state index in [0.717, 1.165) is 5.56 Å². The highest BCUT2D eigenvalue weighted by Crippen LogP contribution is 2.23. The fourth-order valence-corrected chi connectivity index (χ4v) is 1.79. The van der Waals surface area contributed by atoms with Crippen molar-refractivity contribution >= 4 is 29.1 Å². The Morgan fingerprint density at radius 2 is 2.06 bits per heavy atom. The van der Waals surface area contributed by atoms with Crippen LogP contribution in [0.5, 0.6) is 0 Å². The van der Waals surface area contributed by atoms with Crippen molar-refractivity contribution in [3.05, 3.63) is 33.8 Å². The van der Waals surface area contributed by atoms with Crippen molar-refractivity contribution in [2.24, 2.45) is 0 Å². The van der Waals surface area contributed by atoms with E-state index in [1.807, 2.05) is 31.0 Å². The third-order valence-electron chi connectivity index (χ3n) is 2.70. The summed E-state index contributed by atoms with van der Waals surface area (Å²) in [5, 5.41) is 3.70. The van der Waals surface area contributed by atoms with Crippen molar-refractivity contribution in [3.63, 3.8) is 0 Å². The number of nitrogens with zero attached hydrogens (tertiary/aromatic N) is 1. The Balaban J connectivity index is 2.70. The predicted molar refractivity (Wildman–Crippen MR) is 71.5 cm³/mol. The Kier molecular flexibility index (Phi) is 5.25. The van der Waals surface area contributed by atoms with Gasteiger partial charge < -0.3 is 5.32 Å². The van der Waals surface area contributed by atoms with Gasteiger partial charge in [-0.15, -0.1) is 0 Å². The van der Waals surface area contributed by atoms with Gasteiger partial charge in [0.25, 0.3) is 0 Å². The Labute approximate surface area is 112 Å². The highest BCUT2D eigenvalue weighted by molar-refractivity contribution is 6.42. The minimum Gasteiger partial charge on any atom is -0.358 e. The lowest BCUT2D eigenvalue weighted by molar-refractivity contribution is -0.125. The molecule has 1 amide bonds. The maximum absolute atomic E-state index is 11.5. The first-order valence-electron chi connectivity index (χ1n) is 5.31. The van der Waals surface area contributed by atoms with Gasteiger partial charge in [0.2, 0.25) is 5.91 Å². The van der Waals surface area contributed by atoms with E-state index < -0.39 is 0 Å². The summed E-state index contributed by atoms with van der Waals surface area (Å²) >= 11 is 11.8. The Bertz CT molecular complexity index is 409. The van der Waals surface area contributed by atoms with E-state index in [0.29, 0.717) is 16.6 Å². The molecule has 0 fully saturated rings. The molecule has 1 N–H and O–H groups in total. The molecule has 17 heavy (non-hydrogen) atoms. The lowest BCUT2D eigenvalue weighted by atomic mass is 10.2. The molecule has 0 aliphatic heterocycles. The fourth-order valence-electron chi connectivity index (χ4n) is 1.47. The number of carbonyl (C=O) groups excluding carboxylic acids is 1. The van der Waals surface area contributed by atoms with Gasteiger partial charge >= 0.3 is 0 Å². The lowest BCUT2D eigenvalue weighted by Crippen LogP contribution is -2.41. The molecule has 0 aliphatic carbocycles. The Morgan fingerprint density at radius 1 is 1.41 bits per heavy atom. The van der Waals surface area contributed by atoms with Gasteiger partial charge in [-0.3, -0.25) is 9.69 Å². The number of nitrogens with one attached hydrogen (secondary N) is 1. The van der Waals surface area contributed by atoms with Gasteiger partial charge in [-0.1, -0.05) is 29.3 Å². The maximum atomic E-state index is 11.5. The van der Waals surface area contributed by atoms with Gasteiger partial charge in [-0.2, -0.15) is 0 Å². The first-order valence-corrected chi connectivity index (χ1v) is 6.07. The molecule has 0 bridgehead atoms. The molecule has 0 spiro atoms. The number of carbonyl (C=O) groups is 1. The molecule has 0 unspecified atom stereocenters. The number of amides is 1. The fraction of sp³-hybridized carbons (Fsp3) is 0.417. The molecule has 0 aliphatic rings. The molecule has 1 aromatic carbocycles. The Hall–Kier alpha value is -0.770. The second-order valence-corrected chi connectivity index (χ2v) is 4.77. The molecule has 1 rings (SSSR count). The van der Waals surface area contributed by atoms with Gasteiger partial charge in [0.05, 0.1) is 16.1 Å². The topological polar surface area (TPSA) is 32.3 Å². The average molecular weight is 275 g/mol. The van der Waals surface area contributed by atoms with Crippen molar-refractivity contribution in [2.75, 3.05) is 14.1 Å². The molecule has 0 saturated heterocycles. The molecule has 94 valence electrons. The minimum atomic E-state index is -0.186. The molecular weight excluding hydrogens is 259 g/mol. The highest BCUT2D eigenvalue weighted by atomic mass is 35.5. The van der Waals surface area contributed by atoms with Crippen LogP contribution >= 0.6 is 23.2 Å². The van der Waals surface area contributed by atoms with E-state index in [1.165, 1.54) is 0 Å². The monoisotopic (exact) mass is 274 g/mol. The van der Waals surface area contributed by atoms with Gasteiger partial charge in [0, 0.05) is 13.6 Å². The average Bonchev–Trinajstić information content (AvgIpc) is 2.31. The summed E-state index contributed by atoms with van der Waals surface area (Å²) in [5.41, 5.74) is 1.03. The van der Waals surface area contributed by atoms with E-state index in [4.69, 9.17) is 23.2 Å². The maximum Gasteiger partial charge on any atom is 0.236 e. The summed E-state index contributed by atoms with van der Waals surface area (Å²) in [6.07, 6.45) is 0. The molecule has 1 aromatic rings. The predicted octanol–water partition coefficient (Wildman–Crippen LogP) is 2.56. The van der Waals surface area contributed by atoms with Crippen LogP contribution in [-0.4, -0.2) is 30.9 Å². The molecule has 3 nitrogen and oxygen atoms in total. The van der Waals surface area contributed by atoms with Crippen LogP contribution < -0.4 is 5.32 Å². The van der Waals surface area contributed by atoms with E-state index >= 15 is 0 Å². The zero-order valence-electron chi connectivity index (χ0n) is 10.1. The van der Waals surface area contributed by atoms with Crippen LogP contribution in [0.25, 0.3) is 0 Å². The van der Waals surface area contributed by atoms with E-state index in [-0.39, 0.29) is 11.9 Å². The smallest absolute Gasteiger partial charge is 0.236 e. The summed E-state index contributed by atoms with van der Waals surface area (Å²) < 4.78 is 0. The van der Waals surface area contributed by atoms with Crippen molar-refractivity contribution in [1.29, 1.82) is 0 Å². The molecule has 5 heteroatoms. The molecule has 1 atom stereocenters. The third-order valence-corrected chi connectivity index (χ3v) is 3.44. The van der Waals surface area contributed by atoms with Gasteiger partial charge in [0.15, 0.2) is 0 Å². The Morgan fingerprint density at radius 3 is 2.59 bits per heavy atom. The summed E-state index contributed by atoms with van der Waals surface area (Å²) in [4.78, 5) is 13.4. The minimum absolute atomic E-state index is 0.00689. The highest BCUT2D eigenvalue weighted by Gasteiger charge is 2.16. The number of benzene rings is 1. The van der Waals surface area contributed by atoms with E-state index in [2.05, 4.69) is 5.32 Å². The second-order valence-electron chi connectivity index (χ2n) is 3.95. The number of hydrogen-bond acceptors (Lipinski definition) is 2. The number of hydrogen-bond donors (Lipinski definition) is 1. The molecule has 0 aromatic heterocycles. The molecular formula is C12H16Cl2N2O. The van der Waals surface area contributed by atoms with E-state index in [1.54, 1.807) is 13.1 Å². The first-order chi connectivity index (χ1) is 7.95. The standard InChI is InChI=1S/C12H16Cl2N2O/c1-8(12(17)15-2)16(3)7-9-4-5-10(13)11(14)6-9/h4-6,8H,7H2,1-3H3,(H,15,17)/t8-/m1/s1. The summed E-state index contributed by atoms with van der Waals surface area (Å²) in [6, 6.07) is 5.30. The zero-order chi connectivity index (χ0) is 13.0. The third kappa shape index (κ3) is 3.87. The lowest BCUT2D eigenvalue weighted by Gasteiger charge is -2.23. The van der Waals surface area contributed by atoms with Crippen LogP contribution in [0.2, 0.25) is 10.0 Å². The van der Waals surface area contributed by atoms with Crippen molar-refractivity contribution in [2.45, 2.75) is 19.5 Å². The zero-order valence-corrected chi connectivity index (χ0v) is 11.6. The van der Waals surface area contributed by atoms with Crippen molar-refractivity contribution in [1.82, 2.24) is 10.2 Å². The molecule has 0 heterocycles. The van der Waals surface area contributed by atoms with Gasteiger partial charge in [0.1, 0.15) is 0 Å². The van der Waals surface area contributed by atoms with Gasteiger partial charge in [-0.25, -0.2) is 0 Å². The number of likely N-dealkylation sites (N-methyl/N-ethyl adjacent to an activating group) is 2. The number of halogens is 2. The quantitative estimate of drug-likeness (QED) is 0.916. The second kappa shape index (κ2) is 6.24. The van der Waals surface area contributed by atoms with Crippen LogP contribution in [0.15, 0.2) is 18.2 Å².